The highest BCUT2D eigenvalue weighted by Gasteiger charge is 2.22. The van der Waals surface area contributed by atoms with Crippen LogP contribution < -0.4 is 5.32 Å². The summed E-state index contributed by atoms with van der Waals surface area (Å²) in [5.74, 6) is -1.34. The highest BCUT2D eigenvalue weighted by molar-refractivity contribution is 5.85. The van der Waals surface area contributed by atoms with E-state index in [1.807, 2.05) is 6.92 Å². The van der Waals surface area contributed by atoms with Crippen molar-refractivity contribution in [1.29, 1.82) is 0 Å². The second-order valence-electron chi connectivity index (χ2n) is 3.79. The first-order chi connectivity index (χ1) is 8.46. The number of carbonyl (C=O) groups is 3. The Morgan fingerprint density at radius 2 is 1.72 bits per heavy atom. The minimum atomic E-state index is -1.07. The van der Waals surface area contributed by atoms with Crippen LogP contribution in [0, 0.1) is 0 Å². The first-order valence-electron chi connectivity index (χ1n) is 5.92. The van der Waals surface area contributed by atoms with E-state index < -0.39 is 12.0 Å². The lowest BCUT2D eigenvalue weighted by atomic mass is 10.4. The van der Waals surface area contributed by atoms with Gasteiger partial charge >= 0.3 is 12.0 Å². The summed E-state index contributed by atoms with van der Waals surface area (Å²) in [6.45, 7) is 3.88. The number of hydrogen-bond acceptors (Lipinski definition) is 3. The fourth-order valence-electron chi connectivity index (χ4n) is 1.44. The second kappa shape index (κ2) is 8.32. The van der Waals surface area contributed by atoms with Crippen LogP contribution in [-0.2, 0) is 9.59 Å². The lowest BCUT2D eigenvalue weighted by Gasteiger charge is -2.28. The zero-order valence-electron chi connectivity index (χ0n) is 11.1. The second-order valence-corrected chi connectivity index (χ2v) is 3.79. The third-order valence-electron chi connectivity index (χ3n) is 2.36. The van der Waals surface area contributed by atoms with E-state index in [0.717, 1.165) is 0 Å². The third kappa shape index (κ3) is 5.51. The van der Waals surface area contributed by atoms with Gasteiger partial charge in [-0.05, 0) is 13.3 Å². The predicted octanol–water partition coefficient (Wildman–Crippen LogP) is -0.0291. The highest BCUT2D eigenvalue weighted by atomic mass is 16.4. The quantitative estimate of drug-likeness (QED) is 0.672. The van der Waals surface area contributed by atoms with Gasteiger partial charge in [-0.15, -0.1) is 0 Å². The summed E-state index contributed by atoms with van der Waals surface area (Å²) >= 11 is 0. The summed E-state index contributed by atoms with van der Waals surface area (Å²) in [6, 6.07) is -0.426. The molecule has 0 atom stereocenters. The normalized spacial score (nSPS) is 9.72. The average Bonchev–Trinajstić information content (AvgIpc) is 2.34. The smallest absolute Gasteiger partial charge is 0.323 e. The van der Waals surface area contributed by atoms with Crippen LogP contribution in [0.15, 0.2) is 0 Å². The third-order valence-corrected chi connectivity index (χ3v) is 2.36. The standard InChI is InChI=1S/C11H21N3O4/c1-4-6-14(7-9(15)12-3)11(18)13(5-2)8-10(16)17/h4-8H2,1-3H3,(H,12,15)(H,16,17). The molecule has 7 nitrogen and oxygen atoms in total. The summed E-state index contributed by atoms with van der Waals surface area (Å²) in [4.78, 5) is 36.5. The van der Waals surface area contributed by atoms with Crippen LogP contribution in [-0.4, -0.2) is 66.0 Å². The molecule has 0 bridgehead atoms. The molecule has 0 aromatic carbocycles. The number of rotatable bonds is 7. The monoisotopic (exact) mass is 259 g/mol. The van der Waals surface area contributed by atoms with Crippen molar-refractivity contribution < 1.29 is 19.5 Å². The minimum absolute atomic E-state index is 0.0563. The van der Waals surface area contributed by atoms with Gasteiger partial charge in [-0.25, -0.2) is 4.79 Å². The minimum Gasteiger partial charge on any atom is -0.480 e. The molecule has 0 rings (SSSR count). The molecule has 0 fully saturated rings. The fraction of sp³-hybridized carbons (Fsp3) is 0.727. The van der Waals surface area contributed by atoms with E-state index in [1.54, 1.807) is 6.92 Å². The predicted molar refractivity (Wildman–Crippen MR) is 66.2 cm³/mol. The summed E-state index contributed by atoms with van der Waals surface area (Å²) < 4.78 is 0. The van der Waals surface area contributed by atoms with Gasteiger partial charge in [0.05, 0.1) is 0 Å². The number of carbonyl (C=O) groups excluding carboxylic acids is 2. The van der Waals surface area contributed by atoms with Gasteiger partial charge in [0.15, 0.2) is 0 Å². The molecule has 0 aliphatic carbocycles. The summed E-state index contributed by atoms with van der Waals surface area (Å²) in [7, 11) is 1.49. The maximum Gasteiger partial charge on any atom is 0.323 e. The van der Waals surface area contributed by atoms with Gasteiger partial charge in [-0.3, -0.25) is 9.59 Å². The Kier molecular flexibility index (Phi) is 7.50. The van der Waals surface area contributed by atoms with Gasteiger partial charge in [-0.2, -0.15) is 0 Å². The molecule has 0 heterocycles. The molecule has 0 aromatic rings. The zero-order chi connectivity index (χ0) is 14.1. The van der Waals surface area contributed by atoms with Crippen molar-refractivity contribution in [3.63, 3.8) is 0 Å². The van der Waals surface area contributed by atoms with E-state index in [9.17, 15) is 14.4 Å². The molecule has 0 unspecified atom stereocenters. The van der Waals surface area contributed by atoms with Crippen LogP contribution in [0.4, 0.5) is 4.79 Å². The van der Waals surface area contributed by atoms with Gasteiger partial charge in [0.1, 0.15) is 13.1 Å². The number of carboxylic acid groups (broad SMARTS) is 1. The van der Waals surface area contributed by atoms with Crippen LogP contribution in [0.5, 0.6) is 0 Å². The first kappa shape index (κ1) is 16.2. The molecule has 0 aliphatic heterocycles. The van der Waals surface area contributed by atoms with Crippen LogP contribution in [0.1, 0.15) is 20.3 Å². The van der Waals surface area contributed by atoms with Gasteiger partial charge < -0.3 is 20.2 Å². The molecule has 7 heteroatoms. The SMILES string of the molecule is CCCN(CC(=O)NC)C(=O)N(CC)CC(=O)O. The lowest BCUT2D eigenvalue weighted by molar-refractivity contribution is -0.137. The molecule has 0 aromatic heterocycles. The molecule has 3 amide bonds. The van der Waals surface area contributed by atoms with Crippen molar-refractivity contribution in [2.75, 3.05) is 33.2 Å². The Bertz CT molecular complexity index is 307. The number of carboxylic acids is 1. The lowest BCUT2D eigenvalue weighted by Crippen LogP contribution is -2.48. The van der Waals surface area contributed by atoms with Crippen LogP contribution in [0.3, 0.4) is 0 Å². The number of nitrogens with one attached hydrogen (secondary N) is 1. The van der Waals surface area contributed by atoms with Crippen molar-refractivity contribution in [2.24, 2.45) is 0 Å². The van der Waals surface area contributed by atoms with Gasteiger partial charge in [0.25, 0.3) is 0 Å². The van der Waals surface area contributed by atoms with Gasteiger partial charge in [-0.1, -0.05) is 6.92 Å². The largest absolute Gasteiger partial charge is 0.480 e. The molecule has 104 valence electrons. The summed E-state index contributed by atoms with van der Waals surface area (Å²) in [5, 5.41) is 11.2. The Morgan fingerprint density at radius 1 is 1.11 bits per heavy atom. The van der Waals surface area contributed by atoms with Gasteiger partial charge in [0.2, 0.25) is 5.91 Å². The van der Waals surface area contributed by atoms with E-state index in [1.165, 1.54) is 16.8 Å². The van der Waals surface area contributed by atoms with E-state index in [0.29, 0.717) is 19.5 Å². The van der Waals surface area contributed by atoms with Crippen molar-refractivity contribution in [3.05, 3.63) is 0 Å². The van der Waals surface area contributed by atoms with Crippen molar-refractivity contribution in [2.45, 2.75) is 20.3 Å². The summed E-state index contributed by atoms with van der Waals surface area (Å²) in [5.41, 5.74) is 0. The molecular weight excluding hydrogens is 238 g/mol. The number of amides is 3. The van der Waals surface area contributed by atoms with E-state index >= 15 is 0 Å². The highest BCUT2D eigenvalue weighted by Crippen LogP contribution is 2.01. The van der Waals surface area contributed by atoms with Crippen LogP contribution >= 0.6 is 0 Å². The first-order valence-corrected chi connectivity index (χ1v) is 5.92. The topological polar surface area (TPSA) is 90.0 Å². The number of likely N-dealkylation sites (N-methyl/N-ethyl adjacent to an activating group) is 2. The van der Waals surface area contributed by atoms with Gasteiger partial charge in [0, 0.05) is 20.1 Å². The fourth-order valence-corrected chi connectivity index (χ4v) is 1.44. The van der Waals surface area contributed by atoms with E-state index in [4.69, 9.17) is 5.11 Å². The van der Waals surface area contributed by atoms with Crippen LogP contribution in [0.25, 0.3) is 0 Å². The number of aliphatic carboxylic acids is 1. The Balaban J connectivity index is 4.70. The van der Waals surface area contributed by atoms with Crippen molar-refractivity contribution in [1.82, 2.24) is 15.1 Å². The van der Waals surface area contributed by atoms with Crippen molar-refractivity contribution >= 4 is 17.9 Å². The molecular formula is C11H21N3O4. The van der Waals surface area contributed by atoms with E-state index in [2.05, 4.69) is 5.32 Å². The molecule has 0 saturated heterocycles. The van der Waals surface area contributed by atoms with Crippen molar-refractivity contribution in [3.8, 4) is 0 Å². The molecule has 0 radical (unpaired) electrons. The number of urea groups is 1. The zero-order valence-corrected chi connectivity index (χ0v) is 11.1. The maximum atomic E-state index is 12.1. The number of nitrogens with zero attached hydrogens (tertiary/aromatic N) is 2. The Hall–Kier alpha value is -1.79. The molecule has 0 spiro atoms. The molecule has 0 saturated carbocycles. The maximum absolute atomic E-state index is 12.1. The Morgan fingerprint density at radius 3 is 2.11 bits per heavy atom. The summed E-state index contributed by atoms with van der Waals surface area (Å²) in [6.07, 6.45) is 0.702. The van der Waals surface area contributed by atoms with Crippen LogP contribution in [0.2, 0.25) is 0 Å². The average molecular weight is 259 g/mol. The Labute approximate surface area is 107 Å². The van der Waals surface area contributed by atoms with E-state index in [-0.39, 0.29) is 19.0 Å². The number of hydrogen-bond donors (Lipinski definition) is 2. The molecule has 0 aliphatic rings. The molecule has 18 heavy (non-hydrogen) atoms. The molecule has 2 N–H and O–H groups in total.